The van der Waals surface area contributed by atoms with Crippen LogP contribution in [0.2, 0.25) is 0 Å². The molecule has 0 radical (unpaired) electrons. The van der Waals surface area contributed by atoms with E-state index in [1.165, 1.54) is 29.3 Å². The molecule has 1 N–H and O–H groups in total. The minimum absolute atomic E-state index is 0.257. The molecule has 7 nitrogen and oxygen atoms in total. The van der Waals surface area contributed by atoms with E-state index in [2.05, 4.69) is 43.2 Å². The van der Waals surface area contributed by atoms with E-state index in [1.807, 2.05) is 0 Å². The first kappa shape index (κ1) is 19.7. The summed E-state index contributed by atoms with van der Waals surface area (Å²) in [5.74, 6) is 1.90. The fourth-order valence-corrected chi connectivity index (χ4v) is 4.20. The number of nitrogens with one attached hydrogen (secondary N) is 1. The summed E-state index contributed by atoms with van der Waals surface area (Å²) >= 11 is 0. The number of hydrogen-bond donors (Lipinski definition) is 1. The second kappa shape index (κ2) is 8.47. The fraction of sp³-hybridized carbons (Fsp3) is 0.348. The van der Waals surface area contributed by atoms with Gasteiger partial charge in [-0.3, -0.25) is 9.69 Å². The molecule has 2 aromatic carbocycles. The molecule has 5 rings (SSSR count). The summed E-state index contributed by atoms with van der Waals surface area (Å²) in [6.45, 7) is 4.46. The van der Waals surface area contributed by atoms with Crippen LogP contribution in [0.25, 0.3) is 0 Å². The number of carbonyl (C=O) groups is 1. The number of amides is 1. The minimum atomic E-state index is -0.431. The second-order valence-electron chi connectivity index (χ2n) is 7.94. The summed E-state index contributed by atoms with van der Waals surface area (Å²) in [4.78, 5) is 14.7. The summed E-state index contributed by atoms with van der Waals surface area (Å²) in [7, 11) is 0. The van der Waals surface area contributed by atoms with E-state index in [0.29, 0.717) is 5.56 Å². The van der Waals surface area contributed by atoms with Crippen molar-refractivity contribution in [2.75, 3.05) is 19.7 Å². The zero-order chi connectivity index (χ0) is 21.2. The lowest BCUT2D eigenvalue weighted by Gasteiger charge is -2.20. The molecule has 2 aliphatic rings. The third-order valence-corrected chi connectivity index (χ3v) is 5.85. The molecule has 3 aromatic rings. The van der Waals surface area contributed by atoms with Gasteiger partial charge in [0.25, 0.3) is 5.91 Å². The molecule has 0 bridgehead atoms. The van der Waals surface area contributed by atoms with E-state index < -0.39 is 5.82 Å². The van der Waals surface area contributed by atoms with Crippen molar-refractivity contribution in [1.82, 2.24) is 25.0 Å². The van der Waals surface area contributed by atoms with Gasteiger partial charge in [-0.25, -0.2) is 4.39 Å². The van der Waals surface area contributed by atoms with Gasteiger partial charge < -0.3 is 14.6 Å². The number of carbonyl (C=O) groups excluding carboxylic acids is 1. The van der Waals surface area contributed by atoms with Crippen LogP contribution in [0.1, 0.15) is 33.1 Å². The largest absolute Gasteiger partial charge is 0.493 e. The highest BCUT2D eigenvalue weighted by molar-refractivity contribution is 5.94. The average Bonchev–Trinajstić information content (AvgIpc) is 3.35. The normalized spacial score (nSPS) is 15.6. The lowest BCUT2D eigenvalue weighted by atomic mass is 10.1. The van der Waals surface area contributed by atoms with Gasteiger partial charge in [0.1, 0.15) is 17.4 Å². The first-order valence-electron chi connectivity index (χ1n) is 10.6. The van der Waals surface area contributed by atoms with Gasteiger partial charge >= 0.3 is 0 Å². The van der Waals surface area contributed by atoms with Crippen LogP contribution in [0.15, 0.2) is 42.5 Å². The van der Waals surface area contributed by atoms with Crippen LogP contribution in [0.3, 0.4) is 0 Å². The molecule has 0 saturated heterocycles. The molecule has 2 aliphatic heterocycles. The monoisotopic (exact) mass is 421 g/mol. The van der Waals surface area contributed by atoms with Crippen molar-refractivity contribution < 1.29 is 13.9 Å². The molecule has 3 heterocycles. The number of hydrogen-bond acceptors (Lipinski definition) is 5. The predicted octanol–water partition coefficient (Wildman–Crippen LogP) is 2.34. The summed E-state index contributed by atoms with van der Waals surface area (Å²) < 4.78 is 21.0. The molecule has 1 amide bonds. The standard InChI is InChI=1S/C23H24FN5O2/c24-19-3-1-2-18(13-19)23(30)25-14-22-27-26-21-6-8-28(9-10-29(21)22)15-16-4-5-20-17(12-16)7-11-31-20/h1-5,12-13H,6-11,14-15H2,(H,25,30). The number of benzene rings is 2. The molecule has 0 aliphatic carbocycles. The molecule has 0 unspecified atom stereocenters. The highest BCUT2D eigenvalue weighted by Crippen LogP contribution is 2.26. The third-order valence-electron chi connectivity index (χ3n) is 5.85. The topological polar surface area (TPSA) is 72.3 Å². The van der Waals surface area contributed by atoms with Crippen LogP contribution in [0, 0.1) is 5.82 Å². The molecule has 0 spiro atoms. The van der Waals surface area contributed by atoms with Gasteiger partial charge in [0.2, 0.25) is 0 Å². The molecule has 31 heavy (non-hydrogen) atoms. The molecule has 1 aromatic heterocycles. The number of halogens is 1. The number of ether oxygens (including phenoxy) is 1. The molecule has 0 saturated carbocycles. The van der Waals surface area contributed by atoms with Crippen LogP contribution in [-0.4, -0.2) is 45.3 Å². The third kappa shape index (κ3) is 4.29. The van der Waals surface area contributed by atoms with Crippen LogP contribution in [0.4, 0.5) is 4.39 Å². The van der Waals surface area contributed by atoms with Crippen molar-refractivity contribution in [3.8, 4) is 5.75 Å². The summed E-state index contributed by atoms with van der Waals surface area (Å²) in [5.41, 5.74) is 2.88. The van der Waals surface area contributed by atoms with E-state index >= 15 is 0 Å². The molecular formula is C23H24FN5O2. The first-order valence-corrected chi connectivity index (χ1v) is 10.6. The van der Waals surface area contributed by atoms with Gasteiger partial charge in [-0.05, 0) is 35.4 Å². The zero-order valence-electron chi connectivity index (χ0n) is 17.2. The smallest absolute Gasteiger partial charge is 0.251 e. The van der Waals surface area contributed by atoms with Crippen LogP contribution in [0.5, 0.6) is 5.75 Å². The molecule has 0 atom stereocenters. The van der Waals surface area contributed by atoms with Crippen molar-refractivity contribution in [3.63, 3.8) is 0 Å². The van der Waals surface area contributed by atoms with Gasteiger partial charge in [-0.1, -0.05) is 18.2 Å². The Kier molecular flexibility index (Phi) is 5.38. The Morgan fingerprint density at radius 3 is 2.94 bits per heavy atom. The number of aromatic nitrogens is 3. The van der Waals surface area contributed by atoms with Crippen molar-refractivity contribution in [3.05, 3.63) is 76.6 Å². The van der Waals surface area contributed by atoms with Gasteiger partial charge in [-0.15, -0.1) is 10.2 Å². The molecule has 8 heteroatoms. The Morgan fingerprint density at radius 1 is 1.10 bits per heavy atom. The Morgan fingerprint density at radius 2 is 2.03 bits per heavy atom. The molecule has 0 fully saturated rings. The highest BCUT2D eigenvalue weighted by atomic mass is 19.1. The van der Waals surface area contributed by atoms with Gasteiger partial charge in [0.15, 0.2) is 5.82 Å². The summed E-state index contributed by atoms with van der Waals surface area (Å²) in [6, 6.07) is 12.1. The quantitative estimate of drug-likeness (QED) is 0.685. The van der Waals surface area contributed by atoms with Crippen molar-refractivity contribution in [2.24, 2.45) is 0 Å². The van der Waals surface area contributed by atoms with E-state index in [4.69, 9.17) is 4.74 Å². The van der Waals surface area contributed by atoms with E-state index in [-0.39, 0.29) is 12.5 Å². The predicted molar refractivity (Wildman–Crippen MR) is 112 cm³/mol. The van der Waals surface area contributed by atoms with Gasteiger partial charge in [0, 0.05) is 44.6 Å². The number of nitrogens with zero attached hydrogens (tertiary/aromatic N) is 4. The van der Waals surface area contributed by atoms with E-state index in [1.54, 1.807) is 6.07 Å². The Bertz CT molecular complexity index is 1110. The second-order valence-corrected chi connectivity index (χ2v) is 7.94. The summed E-state index contributed by atoms with van der Waals surface area (Å²) in [6.07, 6.45) is 1.79. The van der Waals surface area contributed by atoms with Crippen LogP contribution in [-0.2, 0) is 32.5 Å². The van der Waals surface area contributed by atoms with Gasteiger partial charge in [0.05, 0.1) is 13.2 Å². The molecule has 160 valence electrons. The summed E-state index contributed by atoms with van der Waals surface area (Å²) in [5, 5.41) is 11.4. The van der Waals surface area contributed by atoms with Crippen molar-refractivity contribution >= 4 is 5.91 Å². The van der Waals surface area contributed by atoms with Crippen molar-refractivity contribution in [1.29, 1.82) is 0 Å². The van der Waals surface area contributed by atoms with Crippen LogP contribution >= 0.6 is 0 Å². The van der Waals surface area contributed by atoms with Gasteiger partial charge in [-0.2, -0.15) is 0 Å². The lowest BCUT2D eigenvalue weighted by molar-refractivity contribution is 0.0949. The Hall–Kier alpha value is -3.26. The maximum atomic E-state index is 13.4. The fourth-order valence-electron chi connectivity index (χ4n) is 4.20. The van der Waals surface area contributed by atoms with E-state index in [9.17, 15) is 9.18 Å². The lowest BCUT2D eigenvalue weighted by Crippen LogP contribution is -2.28. The average molecular weight is 421 g/mol. The van der Waals surface area contributed by atoms with E-state index in [0.717, 1.165) is 63.0 Å². The van der Waals surface area contributed by atoms with Crippen LogP contribution < -0.4 is 10.1 Å². The SMILES string of the molecule is O=C(NCc1nnc2n1CCN(Cc1ccc3c(c1)CCO3)CC2)c1cccc(F)c1. The van der Waals surface area contributed by atoms with Crippen molar-refractivity contribution in [2.45, 2.75) is 32.5 Å². The first-order chi connectivity index (χ1) is 15.2. The highest BCUT2D eigenvalue weighted by Gasteiger charge is 2.20. The molecular weight excluding hydrogens is 397 g/mol. The Labute approximate surface area is 179 Å². The zero-order valence-corrected chi connectivity index (χ0v) is 17.2. The number of rotatable bonds is 5. The number of fused-ring (bicyclic) bond motifs is 2. The maximum absolute atomic E-state index is 13.4. The minimum Gasteiger partial charge on any atom is -0.493 e. The maximum Gasteiger partial charge on any atom is 0.251 e. The Balaban J connectivity index is 1.20.